The van der Waals surface area contributed by atoms with Crippen molar-refractivity contribution < 1.29 is 22.7 Å². The van der Waals surface area contributed by atoms with E-state index in [9.17, 15) is 18.0 Å². The van der Waals surface area contributed by atoms with Gasteiger partial charge in [-0.3, -0.25) is 15.0 Å². The van der Waals surface area contributed by atoms with Crippen LogP contribution in [0.15, 0.2) is 48.7 Å². The van der Waals surface area contributed by atoms with Gasteiger partial charge in [-0.05, 0) is 31.2 Å². The van der Waals surface area contributed by atoms with Crippen molar-refractivity contribution in [3.05, 3.63) is 70.2 Å². The molecule has 0 spiro atoms. The van der Waals surface area contributed by atoms with Crippen molar-refractivity contribution in [2.24, 2.45) is 0 Å². The summed E-state index contributed by atoms with van der Waals surface area (Å²) in [6.07, 6.45) is 2.93. The maximum absolute atomic E-state index is 13.3. The SMILES string of the molecule is COc1ccccc1C(=O)c1cc(C)ccc1NC(=O)Nc1ncc(CN2CCN(S(C)(=O)=O)CC2)s1. The highest BCUT2D eigenvalue weighted by atomic mass is 32.2. The van der Waals surface area contributed by atoms with Crippen molar-refractivity contribution in [3.63, 3.8) is 0 Å². The lowest BCUT2D eigenvalue weighted by atomic mass is 9.99. The molecule has 10 nitrogen and oxygen atoms in total. The molecule has 3 aromatic rings. The summed E-state index contributed by atoms with van der Waals surface area (Å²) in [6.45, 7) is 4.67. The van der Waals surface area contributed by atoms with Gasteiger partial charge in [-0.2, -0.15) is 4.31 Å². The Labute approximate surface area is 220 Å². The van der Waals surface area contributed by atoms with Crippen LogP contribution in [0.2, 0.25) is 0 Å². The van der Waals surface area contributed by atoms with Gasteiger partial charge in [0.05, 0.1) is 24.6 Å². The van der Waals surface area contributed by atoms with E-state index in [-0.39, 0.29) is 5.78 Å². The molecule has 1 aliphatic heterocycles. The van der Waals surface area contributed by atoms with E-state index in [1.54, 1.807) is 42.6 Å². The van der Waals surface area contributed by atoms with Crippen molar-refractivity contribution >= 4 is 44.0 Å². The van der Waals surface area contributed by atoms with Gasteiger partial charge < -0.3 is 10.1 Å². The molecule has 0 bridgehead atoms. The van der Waals surface area contributed by atoms with Gasteiger partial charge in [-0.25, -0.2) is 18.2 Å². The van der Waals surface area contributed by atoms with Crippen LogP contribution >= 0.6 is 11.3 Å². The van der Waals surface area contributed by atoms with Crippen LogP contribution in [0.4, 0.5) is 15.6 Å². The number of urea groups is 1. The number of thiazole rings is 1. The highest BCUT2D eigenvalue weighted by Crippen LogP contribution is 2.27. The van der Waals surface area contributed by atoms with Gasteiger partial charge in [0, 0.05) is 49.4 Å². The second kappa shape index (κ2) is 11.4. The largest absolute Gasteiger partial charge is 0.496 e. The molecule has 1 aromatic heterocycles. The van der Waals surface area contributed by atoms with Crippen molar-refractivity contribution in [3.8, 4) is 5.75 Å². The summed E-state index contributed by atoms with van der Waals surface area (Å²) in [6, 6.07) is 11.7. The molecule has 0 radical (unpaired) electrons. The van der Waals surface area contributed by atoms with Crippen LogP contribution in [-0.2, 0) is 16.6 Å². The van der Waals surface area contributed by atoms with Crippen LogP contribution in [0.1, 0.15) is 26.4 Å². The molecule has 1 fully saturated rings. The maximum atomic E-state index is 13.3. The zero-order valence-electron chi connectivity index (χ0n) is 20.9. The number of hydrogen-bond donors (Lipinski definition) is 2. The van der Waals surface area contributed by atoms with E-state index < -0.39 is 16.1 Å². The van der Waals surface area contributed by atoms with E-state index in [2.05, 4.69) is 20.5 Å². The first kappa shape index (κ1) is 26.7. The summed E-state index contributed by atoms with van der Waals surface area (Å²) in [7, 11) is -1.67. The van der Waals surface area contributed by atoms with Gasteiger partial charge in [0.1, 0.15) is 5.75 Å². The third kappa shape index (κ3) is 6.72. The molecule has 0 unspecified atom stereocenters. The molecule has 12 heteroatoms. The first-order chi connectivity index (χ1) is 17.6. The fourth-order valence-electron chi connectivity index (χ4n) is 4.06. The quantitative estimate of drug-likeness (QED) is 0.418. The number of piperazine rings is 1. The van der Waals surface area contributed by atoms with E-state index in [1.807, 2.05) is 13.0 Å². The number of aryl methyl sites for hydroxylation is 1. The number of anilines is 2. The second-order valence-corrected chi connectivity index (χ2v) is 11.8. The Bertz CT molecular complexity index is 1400. The van der Waals surface area contributed by atoms with Crippen LogP contribution in [0.25, 0.3) is 0 Å². The summed E-state index contributed by atoms with van der Waals surface area (Å²) in [4.78, 5) is 33.5. The Morgan fingerprint density at radius 3 is 2.49 bits per heavy atom. The lowest BCUT2D eigenvalue weighted by Gasteiger charge is -2.32. The van der Waals surface area contributed by atoms with Gasteiger partial charge >= 0.3 is 6.03 Å². The Balaban J connectivity index is 1.40. The summed E-state index contributed by atoms with van der Waals surface area (Å²) in [5.74, 6) is 0.196. The summed E-state index contributed by atoms with van der Waals surface area (Å²) in [5.41, 5.74) is 2.01. The molecule has 1 saturated heterocycles. The molecule has 2 N–H and O–H groups in total. The number of amides is 2. The Morgan fingerprint density at radius 1 is 1.05 bits per heavy atom. The molecule has 2 heterocycles. The van der Waals surface area contributed by atoms with Gasteiger partial charge in [0.15, 0.2) is 10.9 Å². The normalized spacial score (nSPS) is 14.8. The molecule has 0 atom stereocenters. The molecule has 0 aliphatic carbocycles. The molecule has 37 heavy (non-hydrogen) atoms. The van der Waals surface area contributed by atoms with Crippen LogP contribution in [-0.4, -0.2) is 74.0 Å². The van der Waals surface area contributed by atoms with E-state index in [4.69, 9.17) is 4.74 Å². The monoisotopic (exact) mass is 543 g/mol. The Hall–Kier alpha value is -3.32. The predicted molar refractivity (Wildman–Crippen MR) is 144 cm³/mol. The number of hydrogen-bond acceptors (Lipinski definition) is 8. The minimum Gasteiger partial charge on any atom is -0.496 e. The van der Waals surface area contributed by atoms with Crippen molar-refractivity contribution in [1.82, 2.24) is 14.2 Å². The lowest BCUT2D eigenvalue weighted by molar-refractivity contribution is 0.103. The number of sulfonamides is 1. The van der Waals surface area contributed by atoms with Crippen molar-refractivity contribution in [2.45, 2.75) is 13.5 Å². The minimum absolute atomic E-state index is 0.260. The number of carbonyl (C=O) groups is 2. The fraction of sp³-hybridized carbons (Fsp3) is 0.320. The van der Waals surface area contributed by atoms with E-state index in [0.29, 0.717) is 60.4 Å². The minimum atomic E-state index is -3.17. The van der Waals surface area contributed by atoms with Gasteiger partial charge in [-0.1, -0.05) is 23.8 Å². The standard InChI is InChI=1S/C25H29N5O5S2/c1-17-8-9-21(20(14-17)23(31)19-6-4-5-7-22(19)35-2)27-24(32)28-25-26-15-18(36-25)16-29-10-12-30(13-11-29)37(3,33)34/h4-9,14-15H,10-13,16H2,1-3H3,(H2,26,27,28,32). The molecular formula is C25H29N5O5S2. The number of aromatic nitrogens is 1. The van der Waals surface area contributed by atoms with Crippen molar-refractivity contribution in [1.29, 1.82) is 0 Å². The highest BCUT2D eigenvalue weighted by Gasteiger charge is 2.24. The molecule has 1 aliphatic rings. The fourth-order valence-corrected chi connectivity index (χ4v) is 5.74. The predicted octanol–water partition coefficient (Wildman–Crippen LogP) is 3.41. The lowest BCUT2D eigenvalue weighted by Crippen LogP contribution is -2.47. The number of para-hydroxylation sites is 1. The summed E-state index contributed by atoms with van der Waals surface area (Å²) < 4.78 is 30.2. The van der Waals surface area contributed by atoms with Crippen LogP contribution in [0.3, 0.4) is 0 Å². The number of nitrogens with zero attached hydrogens (tertiary/aromatic N) is 3. The van der Waals surface area contributed by atoms with Crippen LogP contribution in [0.5, 0.6) is 5.75 Å². The van der Waals surface area contributed by atoms with Crippen LogP contribution in [0, 0.1) is 6.92 Å². The highest BCUT2D eigenvalue weighted by molar-refractivity contribution is 7.88. The van der Waals surface area contributed by atoms with E-state index in [0.717, 1.165) is 10.4 Å². The smallest absolute Gasteiger partial charge is 0.325 e. The number of methoxy groups -OCH3 is 1. The van der Waals surface area contributed by atoms with Gasteiger partial charge in [0.2, 0.25) is 10.0 Å². The first-order valence-corrected chi connectivity index (χ1v) is 14.3. The van der Waals surface area contributed by atoms with Crippen LogP contribution < -0.4 is 15.4 Å². The zero-order valence-corrected chi connectivity index (χ0v) is 22.5. The average molecular weight is 544 g/mol. The maximum Gasteiger partial charge on any atom is 0.325 e. The number of carbonyl (C=O) groups excluding carboxylic acids is 2. The van der Waals surface area contributed by atoms with E-state index in [1.165, 1.54) is 29.0 Å². The van der Waals surface area contributed by atoms with E-state index >= 15 is 0 Å². The molecule has 2 aromatic carbocycles. The third-order valence-corrected chi connectivity index (χ3v) is 8.17. The number of nitrogens with one attached hydrogen (secondary N) is 2. The summed E-state index contributed by atoms with van der Waals surface area (Å²) >= 11 is 1.35. The Morgan fingerprint density at radius 2 is 1.78 bits per heavy atom. The van der Waals surface area contributed by atoms with Gasteiger partial charge in [-0.15, -0.1) is 11.3 Å². The third-order valence-electron chi connectivity index (χ3n) is 5.97. The first-order valence-electron chi connectivity index (χ1n) is 11.6. The Kier molecular flexibility index (Phi) is 8.22. The number of rotatable bonds is 8. The topological polar surface area (TPSA) is 121 Å². The summed E-state index contributed by atoms with van der Waals surface area (Å²) in [5, 5.41) is 5.92. The molecule has 0 saturated carbocycles. The van der Waals surface area contributed by atoms with Crippen molar-refractivity contribution in [2.75, 3.05) is 50.2 Å². The second-order valence-electron chi connectivity index (χ2n) is 8.73. The zero-order chi connectivity index (χ0) is 26.6. The number of ether oxygens (including phenoxy) is 1. The van der Waals surface area contributed by atoms with Gasteiger partial charge in [0.25, 0.3) is 0 Å². The molecular weight excluding hydrogens is 514 g/mol. The molecule has 2 amide bonds. The number of benzene rings is 2. The molecule has 4 rings (SSSR count). The molecule has 196 valence electrons. The number of ketones is 1. The average Bonchev–Trinajstić information content (AvgIpc) is 3.30.